The number of hydrogen-bond acceptors (Lipinski definition) is 2. The summed E-state index contributed by atoms with van der Waals surface area (Å²) in [7, 11) is 0. The van der Waals surface area contributed by atoms with Crippen molar-refractivity contribution in [2.75, 3.05) is 0 Å². The fraction of sp³-hybridized carbons (Fsp3) is 1.00. The minimum atomic E-state index is -1.44. The Bertz CT molecular complexity index is 36.8. The molecule has 2 nitrogen and oxygen atoms in total. The molecule has 8 heteroatoms. The van der Waals surface area contributed by atoms with E-state index in [1.54, 1.807) is 0 Å². The van der Waals surface area contributed by atoms with Gasteiger partial charge in [0.1, 0.15) is 0 Å². The van der Waals surface area contributed by atoms with Gasteiger partial charge in [-0.2, -0.15) is 0 Å². The fourth-order valence-corrected chi connectivity index (χ4v) is 0. The van der Waals surface area contributed by atoms with Gasteiger partial charge in [-0.3, -0.25) is 0 Å². The summed E-state index contributed by atoms with van der Waals surface area (Å²) in [4.78, 5) is 0. The molecule has 0 saturated carbocycles. The van der Waals surface area contributed by atoms with E-state index in [9.17, 15) is 0 Å². The van der Waals surface area contributed by atoms with Crippen LogP contribution in [0.5, 0.6) is 0 Å². The summed E-state index contributed by atoms with van der Waals surface area (Å²) in [6, 6.07) is 0. The first-order valence-electron chi connectivity index (χ1n) is 0.309. The number of hydrogen-bond donors (Lipinski definition) is 0. The predicted molar refractivity (Wildman–Crippen MR) is 21.6 cm³/mol. The van der Waals surface area contributed by atoms with Gasteiger partial charge < -0.3 is 0 Å². The van der Waals surface area contributed by atoms with Crippen LogP contribution in [0.2, 0.25) is 0 Å². The van der Waals surface area contributed by atoms with Crippen molar-refractivity contribution in [3.63, 3.8) is 0 Å². The van der Waals surface area contributed by atoms with Crippen LogP contribution >= 0.6 is 0 Å². The van der Waals surface area contributed by atoms with Gasteiger partial charge in [0.05, 0.1) is 0 Å². The molecule has 0 heterocycles. The summed E-state index contributed by atoms with van der Waals surface area (Å²) in [5, 5.41) is 0. The molecular weight excluding hydrogens is 398 g/mol. The van der Waals surface area contributed by atoms with Crippen LogP contribution in [-0.4, -0.2) is 0 Å². The summed E-state index contributed by atoms with van der Waals surface area (Å²) in [5.41, 5.74) is 0. The van der Waals surface area contributed by atoms with Gasteiger partial charge in [-0.05, 0) is 0 Å². The normalized spacial score (nSPS) is 1.09. The summed E-state index contributed by atoms with van der Waals surface area (Å²) in [6.45, 7) is 0. The van der Waals surface area contributed by atoms with Crippen LogP contribution in [0.3, 0.4) is 0 Å². The van der Waals surface area contributed by atoms with E-state index in [0.717, 1.165) is 0 Å². The van der Waals surface area contributed by atoms with E-state index in [1.807, 2.05) is 0 Å². The molecule has 0 rings (SSSR count). The van der Waals surface area contributed by atoms with Crippen LogP contribution in [0.1, 0.15) is 22.3 Å². The Morgan fingerprint density at radius 1 is 0.727 bits per heavy atom. The Kier molecular flexibility index (Phi) is 1150. The number of rotatable bonds is 0. The van der Waals surface area contributed by atoms with Crippen molar-refractivity contribution in [2.45, 2.75) is 22.3 Å². The van der Waals surface area contributed by atoms with Crippen LogP contribution in [0.15, 0.2) is 0 Å². The molecule has 0 aliphatic heterocycles. The third kappa shape index (κ3) is 198. The second-order valence-corrected chi connectivity index (χ2v) is 0.260. The Hall–Kier alpha value is 2.72. The van der Waals surface area contributed by atoms with Crippen molar-refractivity contribution >= 4 is 0 Å². The molecule has 0 aliphatic carbocycles. The van der Waals surface area contributed by atoms with E-state index in [4.69, 9.17) is 7.67 Å². The Labute approximate surface area is 128 Å². The van der Waals surface area contributed by atoms with E-state index in [0.29, 0.717) is 0 Å². The first kappa shape index (κ1) is 99.7. The van der Waals surface area contributed by atoms with Crippen LogP contribution in [-0.2, 0) is 108 Å². The second kappa shape index (κ2) is 126. The van der Waals surface area contributed by atoms with Crippen molar-refractivity contribution in [1.29, 1.82) is 0 Å². The summed E-state index contributed by atoms with van der Waals surface area (Å²) in [6.07, 6.45) is 0. The molecule has 0 aromatic heterocycles. The SMILES string of the molecule is C.C.C.[Mn+2].[Mn+2].[Mn+3].[Mn+3].[Mn].[O]=[Mn]=[O]. The summed E-state index contributed by atoms with van der Waals surface area (Å²) >= 11 is -1.44. The van der Waals surface area contributed by atoms with Gasteiger partial charge >= 0.3 is 90.8 Å². The topological polar surface area (TPSA) is 34.1 Å². The molecule has 3 radical (unpaired) electrons. The van der Waals surface area contributed by atoms with Crippen LogP contribution < -0.4 is 0 Å². The zero-order valence-electron chi connectivity index (χ0n) is 3.08. The van der Waals surface area contributed by atoms with Gasteiger partial charge in [-0.25, -0.2) is 0 Å². The molecule has 0 fully saturated rings. The Morgan fingerprint density at radius 2 is 0.727 bits per heavy atom. The van der Waals surface area contributed by atoms with E-state index in [1.165, 1.54) is 0 Å². The van der Waals surface area contributed by atoms with E-state index >= 15 is 0 Å². The molecule has 0 atom stereocenters. The zero-order chi connectivity index (χ0) is 2.71. The fourth-order valence-electron chi connectivity index (χ4n) is 0. The van der Waals surface area contributed by atoms with E-state index < -0.39 is 14.8 Å². The molecule has 11 heavy (non-hydrogen) atoms. The molecule has 0 aromatic rings. The van der Waals surface area contributed by atoms with Crippen molar-refractivity contribution in [1.82, 2.24) is 0 Å². The first-order valence-corrected chi connectivity index (χ1v) is 1.27. The molecule has 0 bridgehead atoms. The standard InChI is InChI=1S/3CH4.6Mn.2O/h3*1H4;;;;;;;;/q;;;;;2*+2;2*+3;;. The van der Waals surface area contributed by atoms with Crippen LogP contribution in [0, 0.1) is 0 Å². The maximum atomic E-state index is 8.41. The second-order valence-electron chi connectivity index (χ2n) is 0.0630. The van der Waals surface area contributed by atoms with Gasteiger partial charge in [0.2, 0.25) is 0 Å². The molecule has 0 unspecified atom stereocenters. The molecule has 0 aromatic carbocycles. The Morgan fingerprint density at radius 3 is 0.727 bits per heavy atom. The molecule has 0 aliphatic rings. The molecule has 68 valence electrons. The maximum absolute atomic E-state index is 8.41. The Balaban J connectivity index is -0.000000000714. The summed E-state index contributed by atoms with van der Waals surface area (Å²) < 4.78 is 16.8. The first-order chi connectivity index (χ1) is 1.41. The van der Waals surface area contributed by atoms with Gasteiger partial charge in [0.15, 0.2) is 0 Å². The monoisotopic (exact) mass is 410 g/mol. The quantitative estimate of drug-likeness (QED) is 0.570. The summed E-state index contributed by atoms with van der Waals surface area (Å²) in [5.74, 6) is 0. The van der Waals surface area contributed by atoms with Crippen LogP contribution in [0.4, 0.5) is 0 Å². The minimum absolute atomic E-state index is 0. The molecule has 0 N–H and O–H groups in total. The van der Waals surface area contributed by atoms with Crippen molar-refractivity contribution in [3.8, 4) is 0 Å². The zero-order valence-corrected chi connectivity index (χ0v) is 10.2. The van der Waals surface area contributed by atoms with Crippen molar-refractivity contribution < 1.29 is 108 Å². The van der Waals surface area contributed by atoms with Gasteiger partial charge in [-0.1, -0.05) is 22.3 Å². The van der Waals surface area contributed by atoms with Gasteiger partial charge in [0.25, 0.3) is 0 Å². The van der Waals surface area contributed by atoms with Crippen LogP contribution in [0.25, 0.3) is 0 Å². The van der Waals surface area contributed by atoms with Gasteiger partial charge in [-0.15, -0.1) is 0 Å². The third-order valence-corrected chi connectivity index (χ3v) is 0. The molecule has 0 amide bonds. The van der Waals surface area contributed by atoms with E-state index in [2.05, 4.69) is 0 Å². The predicted octanol–water partition coefficient (Wildman–Crippen LogP) is 1.66. The van der Waals surface area contributed by atoms with Crippen molar-refractivity contribution in [3.05, 3.63) is 0 Å². The van der Waals surface area contributed by atoms with Gasteiger partial charge in [0, 0.05) is 17.1 Å². The molecule has 0 saturated heterocycles. The third-order valence-electron chi connectivity index (χ3n) is 0. The van der Waals surface area contributed by atoms with Crippen molar-refractivity contribution in [2.24, 2.45) is 0 Å². The van der Waals surface area contributed by atoms with E-state index in [-0.39, 0.29) is 108 Å². The average molecular weight is 410 g/mol. The average Bonchev–Trinajstić information content (AvgIpc) is 0.918. The molecular formula is C3H12Mn6O2+10. The molecule has 0 spiro atoms.